The highest BCUT2D eigenvalue weighted by Crippen LogP contribution is 2.43. The van der Waals surface area contributed by atoms with E-state index in [0.29, 0.717) is 0 Å². The Hall–Kier alpha value is -4.25. The third kappa shape index (κ3) is 6.50. The van der Waals surface area contributed by atoms with Crippen LogP contribution < -0.4 is 11.5 Å². The van der Waals surface area contributed by atoms with Crippen LogP contribution in [0.4, 0.5) is 34.1 Å². The Bertz CT molecular complexity index is 1620. The van der Waals surface area contributed by atoms with E-state index in [-0.39, 0.29) is 38.9 Å². The number of nitrogens with two attached hydrogens (primary N) is 2. The number of azo groups is 2. The van der Waals surface area contributed by atoms with Gasteiger partial charge in [0.1, 0.15) is 16.3 Å². The second kappa shape index (κ2) is 10.8. The van der Waals surface area contributed by atoms with Gasteiger partial charge in [-0.1, -0.05) is 6.07 Å². The van der Waals surface area contributed by atoms with Gasteiger partial charge in [-0.3, -0.25) is 4.55 Å². The van der Waals surface area contributed by atoms with Crippen LogP contribution in [0.25, 0.3) is 0 Å². The molecule has 0 saturated heterocycles. The Labute approximate surface area is 210 Å². The number of rotatable bonds is 9. The Morgan fingerprint density at radius 1 is 0.838 bits per heavy atom. The van der Waals surface area contributed by atoms with E-state index in [4.69, 9.17) is 21.7 Å². The Morgan fingerprint density at radius 3 is 2.08 bits per heavy atom. The Balaban J connectivity index is 2.04. The molecular formula is C21H20N6O8S2. The molecule has 0 aliphatic rings. The molecule has 0 bridgehead atoms. The minimum atomic E-state index is -4.86. The number of aromatic carboxylic acids is 1. The minimum Gasteiger partial charge on any atom is -0.478 e. The number of benzene rings is 3. The molecule has 14 nitrogen and oxygen atoms in total. The summed E-state index contributed by atoms with van der Waals surface area (Å²) in [7, 11) is -8.54. The Kier molecular flexibility index (Phi) is 7.97. The molecule has 0 heterocycles. The van der Waals surface area contributed by atoms with E-state index in [0.717, 1.165) is 6.07 Å². The van der Waals surface area contributed by atoms with Crippen molar-refractivity contribution in [2.75, 3.05) is 23.8 Å². The second-order valence-corrected chi connectivity index (χ2v) is 10.8. The lowest BCUT2D eigenvalue weighted by Crippen LogP contribution is -2.09. The number of aliphatic hydroxyl groups is 1. The Morgan fingerprint density at radius 2 is 1.49 bits per heavy atom. The van der Waals surface area contributed by atoms with Crippen molar-refractivity contribution in [3.8, 4) is 0 Å². The molecule has 0 aromatic heterocycles. The van der Waals surface area contributed by atoms with Crippen LogP contribution in [0, 0.1) is 0 Å². The topological polar surface area (TPSA) is 248 Å². The maximum atomic E-state index is 12.0. The zero-order chi connectivity index (χ0) is 27.4. The third-order valence-corrected chi connectivity index (χ3v) is 7.39. The molecular weight excluding hydrogens is 528 g/mol. The quantitative estimate of drug-likeness (QED) is 0.148. The fraction of sp³-hybridized carbons (Fsp3) is 0.0952. The summed E-state index contributed by atoms with van der Waals surface area (Å²) in [6, 6.07) is 11.4. The fourth-order valence-corrected chi connectivity index (χ4v) is 4.61. The van der Waals surface area contributed by atoms with Crippen LogP contribution in [-0.4, -0.2) is 49.9 Å². The smallest absolute Gasteiger partial charge is 0.335 e. The number of carbonyl (C=O) groups is 1. The molecule has 37 heavy (non-hydrogen) atoms. The van der Waals surface area contributed by atoms with Crippen LogP contribution in [0.15, 0.2) is 84.8 Å². The highest BCUT2D eigenvalue weighted by Gasteiger charge is 2.22. The van der Waals surface area contributed by atoms with Crippen LogP contribution in [0.3, 0.4) is 0 Å². The van der Waals surface area contributed by atoms with Crippen molar-refractivity contribution in [1.29, 1.82) is 0 Å². The van der Waals surface area contributed by atoms with E-state index in [1.807, 2.05) is 0 Å². The van der Waals surface area contributed by atoms with Gasteiger partial charge in [0.2, 0.25) is 0 Å². The lowest BCUT2D eigenvalue weighted by atomic mass is 10.2. The zero-order valence-corrected chi connectivity index (χ0v) is 20.4. The van der Waals surface area contributed by atoms with Crippen molar-refractivity contribution in [1.82, 2.24) is 0 Å². The standard InChI is InChI=1S/C21H20N6O8S2/c22-18-16(26-25-14-3-1-2-12(10-14)21(29)30)11-17(37(33,34)35)19(23)20(18)27-24-13-4-6-15(7-5-13)36(31,32)9-8-28/h1-7,10-11,28H,8-9,22-23H2,(H,29,30)(H,33,34,35)/b26-25+,27-24+. The van der Waals surface area contributed by atoms with Crippen LogP contribution >= 0.6 is 0 Å². The zero-order valence-electron chi connectivity index (χ0n) is 18.8. The van der Waals surface area contributed by atoms with Crippen molar-refractivity contribution in [3.05, 3.63) is 60.2 Å². The van der Waals surface area contributed by atoms with Gasteiger partial charge in [0.05, 0.1) is 45.6 Å². The molecule has 0 atom stereocenters. The first-order chi connectivity index (χ1) is 17.3. The van der Waals surface area contributed by atoms with Gasteiger partial charge in [-0.05, 0) is 48.5 Å². The first-order valence-electron chi connectivity index (χ1n) is 10.1. The highest BCUT2D eigenvalue weighted by atomic mass is 32.2. The van der Waals surface area contributed by atoms with Crippen LogP contribution in [0.2, 0.25) is 0 Å². The van der Waals surface area contributed by atoms with E-state index < -0.39 is 48.9 Å². The summed E-state index contributed by atoms with van der Waals surface area (Å²) in [4.78, 5) is 10.3. The molecule has 3 aromatic carbocycles. The van der Waals surface area contributed by atoms with Crippen LogP contribution in [-0.2, 0) is 20.0 Å². The minimum absolute atomic E-state index is 0.0532. The van der Waals surface area contributed by atoms with E-state index in [9.17, 15) is 26.2 Å². The van der Waals surface area contributed by atoms with Crippen molar-refractivity contribution >= 4 is 60.0 Å². The summed E-state index contributed by atoms with van der Waals surface area (Å²) in [6.07, 6.45) is 0. The molecule has 16 heteroatoms. The molecule has 194 valence electrons. The van der Waals surface area contributed by atoms with Gasteiger partial charge >= 0.3 is 5.97 Å². The first-order valence-corrected chi connectivity index (χ1v) is 13.2. The van der Waals surface area contributed by atoms with Gasteiger partial charge < -0.3 is 21.7 Å². The number of carboxylic acids is 1. The highest BCUT2D eigenvalue weighted by molar-refractivity contribution is 7.91. The predicted octanol–water partition coefficient (Wildman–Crippen LogP) is 3.39. The average molecular weight is 549 g/mol. The number of hydrogen-bond acceptors (Lipinski definition) is 12. The van der Waals surface area contributed by atoms with Gasteiger partial charge in [0, 0.05) is 0 Å². The van der Waals surface area contributed by atoms with E-state index in [1.165, 1.54) is 48.5 Å². The molecule has 0 radical (unpaired) electrons. The molecule has 0 unspecified atom stereocenters. The molecule has 3 aromatic rings. The molecule has 0 amide bonds. The largest absolute Gasteiger partial charge is 0.478 e. The summed E-state index contributed by atoms with van der Waals surface area (Å²) in [6.45, 7) is -0.545. The van der Waals surface area contributed by atoms with Crippen LogP contribution in [0.1, 0.15) is 10.4 Å². The number of nitrogens with zero attached hydrogens (tertiary/aromatic N) is 4. The molecule has 7 N–H and O–H groups in total. The van der Waals surface area contributed by atoms with Crippen molar-refractivity contribution in [2.24, 2.45) is 20.5 Å². The van der Waals surface area contributed by atoms with Gasteiger partial charge in [0.25, 0.3) is 10.1 Å². The third-order valence-electron chi connectivity index (χ3n) is 4.79. The summed E-state index contributed by atoms with van der Waals surface area (Å²) < 4.78 is 57.4. The van der Waals surface area contributed by atoms with E-state index >= 15 is 0 Å². The number of aliphatic hydroxyl groups excluding tert-OH is 1. The molecule has 0 fully saturated rings. The van der Waals surface area contributed by atoms with Crippen molar-refractivity contribution in [2.45, 2.75) is 9.79 Å². The van der Waals surface area contributed by atoms with Crippen molar-refractivity contribution in [3.63, 3.8) is 0 Å². The molecule has 3 rings (SSSR count). The fourth-order valence-electron chi connectivity index (χ4n) is 2.95. The van der Waals surface area contributed by atoms with Gasteiger partial charge in [-0.15, -0.1) is 10.2 Å². The van der Waals surface area contributed by atoms with Crippen molar-refractivity contribution < 1.29 is 36.4 Å². The lowest BCUT2D eigenvalue weighted by molar-refractivity contribution is 0.0697. The van der Waals surface area contributed by atoms with Crippen LogP contribution in [0.5, 0.6) is 0 Å². The molecule has 0 spiro atoms. The lowest BCUT2D eigenvalue weighted by Gasteiger charge is -2.10. The molecule has 0 aliphatic carbocycles. The average Bonchev–Trinajstić information content (AvgIpc) is 2.83. The summed E-state index contributed by atoms with van der Waals surface area (Å²) >= 11 is 0. The summed E-state index contributed by atoms with van der Waals surface area (Å²) in [5, 5.41) is 33.4. The molecule has 0 aliphatic heterocycles. The van der Waals surface area contributed by atoms with Gasteiger partial charge in [-0.25, -0.2) is 13.2 Å². The van der Waals surface area contributed by atoms with E-state index in [1.54, 1.807) is 0 Å². The number of sulfone groups is 1. The summed E-state index contributed by atoms with van der Waals surface area (Å²) in [5.74, 6) is -1.65. The normalized spacial score (nSPS) is 12.4. The SMILES string of the molecule is Nc1c(/N=N/c2cccc(C(=O)O)c2)cc(S(=O)(=O)O)c(N)c1/N=N/c1ccc(S(=O)(=O)CCO)cc1. The van der Waals surface area contributed by atoms with Gasteiger partial charge in [0.15, 0.2) is 9.84 Å². The first kappa shape index (κ1) is 27.3. The molecule has 0 saturated carbocycles. The monoisotopic (exact) mass is 548 g/mol. The number of anilines is 2. The number of nitrogen functional groups attached to an aromatic ring is 2. The number of hydrogen-bond donors (Lipinski definition) is 5. The maximum absolute atomic E-state index is 12.0. The van der Waals surface area contributed by atoms with E-state index in [2.05, 4.69) is 20.5 Å². The summed E-state index contributed by atoms with van der Waals surface area (Å²) in [5.41, 5.74) is 10.7. The number of carboxylic acid groups (broad SMARTS) is 1. The maximum Gasteiger partial charge on any atom is 0.335 e. The predicted molar refractivity (Wildman–Crippen MR) is 132 cm³/mol. The second-order valence-electron chi connectivity index (χ2n) is 7.34. The van der Waals surface area contributed by atoms with Gasteiger partial charge in [-0.2, -0.15) is 18.6 Å².